The number of carbonyl (C=O) groups is 2. The molecule has 1 heterocycles. The number of hydrogen-bond acceptors (Lipinski definition) is 6. The summed E-state index contributed by atoms with van der Waals surface area (Å²) in [5, 5.41) is 9.76. The summed E-state index contributed by atoms with van der Waals surface area (Å²) in [5.74, 6) is -0.546. The van der Waals surface area contributed by atoms with E-state index in [2.05, 4.69) is 15.9 Å². The van der Waals surface area contributed by atoms with Gasteiger partial charge < -0.3 is 20.3 Å². The predicted octanol–water partition coefficient (Wildman–Crippen LogP) is 4.95. The molecule has 3 N–H and O–H groups in total. The van der Waals surface area contributed by atoms with E-state index in [-0.39, 0.29) is 36.6 Å². The Morgan fingerprint density at radius 1 is 1.10 bits per heavy atom. The lowest BCUT2D eigenvalue weighted by atomic mass is 9.93. The summed E-state index contributed by atoms with van der Waals surface area (Å²) in [6.07, 6.45) is 10.9. The van der Waals surface area contributed by atoms with Crippen LogP contribution < -0.4 is 10.5 Å². The molecule has 1 aromatic rings. The summed E-state index contributed by atoms with van der Waals surface area (Å²) in [6, 6.07) is 3.12. The van der Waals surface area contributed by atoms with E-state index in [4.69, 9.17) is 15.2 Å². The Balaban J connectivity index is 1.62. The number of unbranched alkanes of at least 4 members (excludes halogenated alkanes) is 8. The number of aromatic hydroxyl groups is 1. The van der Waals surface area contributed by atoms with Gasteiger partial charge in [0.05, 0.1) is 17.5 Å². The molecule has 0 radical (unpaired) electrons. The molecule has 1 aromatic carbocycles. The van der Waals surface area contributed by atoms with Gasteiger partial charge in [-0.1, -0.05) is 44.9 Å². The van der Waals surface area contributed by atoms with E-state index in [9.17, 15) is 14.7 Å². The maximum atomic E-state index is 12.0. The lowest BCUT2D eigenvalue weighted by Crippen LogP contribution is -2.24. The first-order valence-corrected chi connectivity index (χ1v) is 11.4. The van der Waals surface area contributed by atoms with Crippen molar-refractivity contribution in [3.63, 3.8) is 0 Å². The Bertz CT molecular complexity index is 679. The van der Waals surface area contributed by atoms with E-state index in [0.717, 1.165) is 37.8 Å². The quantitative estimate of drug-likeness (QED) is 0.241. The molecule has 0 aromatic heterocycles. The van der Waals surface area contributed by atoms with Crippen LogP contribution in [0.3, 0.4) is 0 Å². The van der Waals surface area contributed by atoms with Crippen molar-refractivity contribution in [2.45, 2.75) is 76.5 Å². The number of phenolic OH excluding ortho intramolecular Hbond substituents is 1. The van der Waals surface area contributed by atoms with Crippen LogP contribution in [0.1, 0.15) is 82.1 Å². The molecule has 2 rings (SSSR count). The highest BCUT2D eigenvalue weighted by atomic mass is 79.9. The molecule has 0 spiro atoms. The second-order valence-corrected chi connectivity index (χ2v) is 8.47. The van der Waals surface area contributed by atoms with Gasteiger partial charge in [-0.15, -0.1) is 0 Å². The number of carbonyl (C=O) groups excluding carboxylic acids is 2. The Kier molecular flexibility index (Phi) is 10.5. The van der Waals surface area contributed by atoms with E-state index in [1.54, 1.807) is 6.07 Å². The third kappa shape index (κ3) is 8.34. The summed E-state index contributed by atoms with van der Waals surface area (Å²) in [4.78, 5) is 23.8. The zero-order valence-corrected chi connectivity index (χ0v) is 18.5. The third-order valence-electron chi connectivity index (χ3n) is 5.19. The number of fused-ring (bicyclic) bond motifs is 1. The van der Waals surface area contributed by atoms with Gasteiger partial charge in [-0.3, -0.25) is 9.59 Å². The monoisotopic (exact) mass is 469 g/mol. The first-order chi connectivity index (χ1) is 14.0. The van der Waals surface area contributed by atoms with E-state index >= 15 is 0 Å². The van der Waals surface area contributed by atoms with Crippen molar-refractivity contribution in [2.75, 3.05) is 13.2 Å². The minimum absolute atomic E-state index is 0.00440. The van der Waals surface area contributed by atoms with E-state index in [1.807, 2.05) is 0 Å². The first-order valence-electron chi connectivity index (χ1n) is 10.6. The largest absolute Gasteiger partial charge is 0.507 e. The highest BCUT2D eigenvalue weighted by Gasteiger charge is 2.29. The number of benzene rings is 1. The first kappa shape index (κ1) is 23.7. The van der Waals surface area contributed by atoms with Crippen molar-refractivity contribution >= 4 is 27.9 Å². The van der Waals surface area contributed by atoms with Gasteiger partial charge in [-0.2, -0.15) is 0 Å². The molecule has 29 heavy (non-hydrogen) atoms. The fraction of sp³-hybridized carbons (Fsp3) is 0.636. The fourth-order valence-electron chi connectivity index (χ4n) is 3.51. The second kappa shape index (κ2) is 12.9. The van der Waals surface area contributed by atoms with Crippen LogP contribution in [0.4, 0.5) is 0 Å². The lowest BCUT2D eigenvalue weighted by Gasteiger charge is -2.24. The van der Waals surface area contributed by atoms with Crippen LogP contribution in [0, 0.1) is 0 Å². The highest BCUT2D eigenvalue weighted by molar-refractivity contribution is 9.10. The van der Waals surface area contributed by atoms with Crippen molar-refractivity contribution in [2.24, 2.45) is 5.73 Å². The van der Waals surface area contributed by atoms with Gasteiger partial charge in [0.1, 0.15) is 11.5 Å². The molecule has 0 saturated heterocycles. The molecule has 0 amide bonds. The molecular formula is C22H32BrNO5. The molecule has 0 fully saturated rings. The standard InChI is InChI=1S/C22H32BrNO5/c23-18-13-17-16(12-22(27)29-20(17)14-19(18)25)15-28-21(26)10-8-6-4-2-1-3-5-7-9-11-24/h13-14,16,25H,1-12,15,24H2. The molecule has 0 aliphatic carbocycles. The van der Waals surface area contributed by atoms with Crippen LogP contribution in [0.2, 0.25) is 0 Å². The van der Waals surface area contributed by atoms with Crippen LogP contribution in [-0.2, 0) is 14.3 Å². The summed E-state index contributed by atoms with van der Waals surface area (Å²) in [6.45, 7) is 0.926. The van der Waals surface area contributed by atoms with E-state index in [0.29, 0.717) is 16.6 Å². The Hall–Kier alpha value is -1.60. The van der Waals surface area contributed by atoms with Gasteiger partial charge in [0.25, 0.3) is 0 Å². The molecule has 1 atom stereocenters. The van der Waals surface area contributed by atoms with Crippen molar-refractivity contribution in [3.05, 3.63) is 22.2 Å². The minimum atomic E-state index is -0.386. The van der Waals surface area contributed by atoms with Crippen LogP contribution in [-0.4, -0.2) is 30.2 Å². The summed E-state index contributed by atoms with van der Waals surface area (Å²) in [7, 11) is 0. The van der Waals surface area contributed by atoms with Gasteiger partial charge in [0.2, 0.25) is 0 Å². The topological polar surface area (TPSA) is 98.9 Å². The number of halogens is 1. The van der Waals surface area contributed by atoms with Gasteiger partial charge >= 0.3 is 11.9 Å². The second-order valence-electron chi connectivity index (χ2n) is 7.62. The molecule has 1 aliphatic rings. The number of nitrogens with two attached hydrogens (primary N) is 1. The van der Waals surface area contributed by atoms with Crippen LogP contribution in [0.25, 0.3) is 0 Å². The number of hydrogen-bond donors (Lipinski definition) is 2. The van der Waals surface area contributed by atoms with Crippen molar-refractivity contribution in [1.82, 2.24) is 0 Å². The molecule has 6 nitrogen and oxygen atoms in total. The number of esters is 2. The molecule has 1 unspecified atom stereocenters. The van der Waals surface area contributed by atoms with Crippen molar-refractivity contribution in [1.29, 1.82) is 0 Å². The molecular weight excluding hydrogens is 438 g/mol. The highest BCUT2D eigenvalue weighted by Crippen LogP contribution is 2.40. The van der Waals surface area contributed by atoms with Crippen molar-refractivity contribution in [3.8, 4) is 11.5 Å². The average Bonchev–Trinajstić information content (AvgIpc) is 2.69. The normalized spacial score (nSPS) is 15.7. The lowest BCUT2D eigenvalue weighted by molar-refractivity contribution is -0.146. The molecule has 1 aliphatic heterocycles. The molecule has 0 saturated carbocycles. The number of ether oxygens (including phenoxy) is 2. The average molecular weight is 470 g/mol. The van der Waals surface area contributed by atoms with E-state index < -0.39 is 0 Å². The zero-order chi connectivity index (χ0) is 21.1. The summed E-state index contributed by atoms with van der Waals surface area (Å²) in [5.41, 5.74) is 6.24. The Labute approximate surface area is 181 Å². The summed E-state index contributed by atoms with van der Waals surface area (Å²) < 4.78 is 11.1. The van der Waals surface area contributed by atoms with Crippen LogP contribution in [0.15, 0.2) is 16.6 Å². The van der Waals surface area contributed by atoms with Crippen LogP contribution >= 0.6 is 15.9 Å². The molecule has 0 bridgehead atoms. The number of rotatable bonds is 13. The number of phenols is 1. The Morgan fingerprint density at radius 2 is 1.72 bits per heavy atom. The van der Waals surface area contributed by atoms with Gasteiger partial charge in [-0.25, -0.2) is 0 Å². The van der Waals surface area contributed by atoms with Gasteiger partial charge in [-0.05, 0) is 41.4 Å². The Morgan fingerprint density at radius 3 is 2.38 bits per heavy atom. The molecule has 162 valence electrons. The fourth-order valence-corrected chi connectivity index (χ4v) is 3.87. The molecule has 7 heteroatoms. The zero-order valence-electron chi connectivity index (χ0n) is 17.0. The maximum Gasteiger partial charge on any atom is 0.311 e. The predicted molar refractivity (Wildman–Crippen MR) is 115 cm³/mol. The minimum Gasteiger partial charge on any atom is -0.507 e. The van der Waals surface area contributed by atoms with Gasteiger partial charge in [0, 0.05) is 24.0 Å². The summed E-state index contributed by atoms with van der Waals surface area (Å²) >= 11 is 3.27. The smallest absolute Gasteiger partial charge is 0.311 e. The SMILES string of the molecule is NCCCCCCCCCCCC(=O)OCC1CC(=O)Oc2cc(O)c(Br)cc21. The van der Waals surface area contributed by atoms with Crippen molar-refractivity contribution < 1.29 is 24.2 Å². The maximum absolute atomic E-state index is 12.0. The van der Waals surface area contributed by atoms with Gasteiger partial charge in [0.15, 0.2) is 0 Å². The third-order valence-corrected chi connectivity index (χ3v) is 5.82. The van der Waals surface area contributed by atoms with E-state index in [1.165, 1.54) is 38.2 Å². The van der Waals surface area contributed by atoms with Crippen LogP contribution in [0.5, 0.6) is 11.5 Å².